The molecular formula is C27H27N3O7S. The normalized spacial score (nSPS) is 23.4. The molecule has 10 nitrogen and oxygen atoms in total. The predicted octanol–water partition coefficient (Wildman–Crippen LogP) is 1.40. The van der Waals surface area contributed by atoms with Gasteiger partial charge in [-0.25, -0.2) is 13.1 Å². The number of aliphatic hydroxyl groups excluding tert-OH is 2. The van der Waals surface area contributed by atoms with E-state index in [0.717, 1.165) is 11.1 Å². The Morgan fingerprint density at radius 3 is 2.39 bits per heavy atom. The van der Waals surface area contributed by atoms with Crippen molar-refractivity contribution in [2.45, 2.75) is 35.5 Å². The number of methoxy groups -OCH3 is 1. The minimum Gasteiger partial charge on any atom is -0.388 e. The van der Waals surface area contributed by atoms with Gasteiger partial charge in [-0.1, -0.05) is 54.6 Å². The standard InChI is InChI=1S/C27H27N3O7S/c1-36-27-23(30-26(33)19-12-7-11-18(14-19)17-8-3-2-4-9-17)25(32)24(31)21(37-27)16-29-38(34,35)22-13-6-5-10-20(22)15-28/h2-14,21,23-25,27,29,31-32H,16H2,1H3,(H,30,33)/t21-,23-,24-,25-,27?/m1/s1. The van der Waals surface area contributed by atoms with Crippen LogP contribution in [-0.2, 0) is 19.5 Å². The first-order valence-corrected chi connectivity index (χ1v) is 13.2. The zero-order valence-corrected chi connectivity index (χ0v) is 21.2. The zero-order chi connectivity index (χ0) is 27.3. The van der Waals surface area contributed by atoms with Gasteiger partial charge >= 0.3 is 0 Å². The van der Waals surface area contributed by atoms with Crippen LogP contribution in [0, 0.1) is 11.3 Å². The van der Waals surface area contributed by atoms with Gasteiger partial charge in [-0.2, -0.15) is 5.26 Å². The SMILES string of the molecule is COC1O[C@H](CNS(=O)(=O)c2ccccc2C#N)[C@@H](O)[C@H](O)[C@H]1NC(=O)c1cccc(-c2ccccc2)c1. The van der Waals surface area contributed by atoms with E-state index >= 15 is 0 Å². The summed E-state index contributed by atoms with van der Waals surface area (Å²) >= 11 is 0. The fourth-order valence-electron chi connectivity index (χ4n) is 4.22. The van der Waals surface area contributed by atoms with Gasteiger partial charge in [0.25, 0.3) is 5.91 Å². The molecule has 0 radical (unpaired) electrons. The summed E-state index contributed by atoms with van der Waals surface area (Å²) in [6.45, 7) is -0.417. The van der Waals surface area contributed by atoms with Gasteiger partial charge < -0.3 is 25.0 Å². The van der Waals surface area contributed by atoms with Gasteiger partial charge in [0.1, 0.15) is 30.4 Å². The molecule has 198 valence electrons. The van der Waals surface area contributed by atoms with Crippen LogP contribution in [0.2, 0.25) is 0 Å². The molecule has 5 atom stereocenters. The van der Waals surface area contributed by atoms with Crippen molar-refractivity contribution in [1.29, 1.82) is 5.26 Å². The van der Waals surface area contributed by atoms with E-state index in [4.69, 9.17) is 9.47 Å². The highest BCUT2D eigenvalue weighted by atomic mass is 32.2. The zero-order valence-electron chi connectivity index (χ0n) is 20.4. The highest BCUT2D eigenvalue weighted by Gasteiger charge is 2.45. The summed E-state index contributed by atoms with van der Waals surface area (Å²) in [7, 11) is -2.82. The molecular weight excluding hydrogens is 510 g/mol. The smallest absolute Gasteiger partial charge is 0.251 e. The van der Waals surface area contributed by atoms with E-state index in [-0.39, 0.29) is 10.5 Å². The van der Waals surface area contributed by atoms with Crippen molar-refractivity contribution in [2.24, 2.45) is 0 Å². The van der Waals surface area contributed by atoms with Crippen LogP contribution in [0.15, 0.2) is 83.8 Å². The number of sulfonamides is 1. The summed E-state index contributed by atoms with van der Waals surface area (Å²) in [6.07, 6.45) is -5.48. The topological polar surface area (TPSA) is 158 Å². The summed E-state index contributed by atoms with van der Waals surface area (Å²) in [5.74, 6) is -0.517. The molecule has 1 unspecified atom stereocenters. The maximum atomic E-state index is 13.0. The van der Waals surface area contributed by atoms with Crippen LogP contribution >= 0.6 is 0 Å². The lowest BCUT2D eigenvalue weighted by Crippen LogP contribution is -2.65. The Kier molecular flexibility index (Phi) is 8.53. The van der Waals surface area contributed by atoms with E-state index in [9.17, 15) is 28.7 Å². The Labute approximate surface area is 220 Å². The van der Waals surface area contributed by atoms with E-state index < -0.39 is 53.1 Å². The van der Waals surface area contributed by atoms with Gasteiger partial charge in [0.2, 0.25) is 10.0 Å². The maximum Gasteiger partial charge on any atom is 0.251 e. The fraction of sp³-hybridized carbons (Fsp3) is 0.259. The number of hydrogen-bond donors (Lipinski definition) is 4. The largest absolute Gasteiger partial charge is 0.388 e. The number of carbonyl (C=O) groups excluding carboxylic acids is 1. The second-order valence-electron chi connectivity index (χ2n) is 8.67. The van der Waals surface area contributed by atoms with Crippen molar-refractivity contribution in [3.63, 3.8) is 0 Å². The quantitative estimate of drug-likeness (QED) is 0.336. The average Bonchev–Trinajstić information content (AvgIpc) is 2.95. The number of carbonyl (C=O) groups is 1. The van der Waals surface area contributed by atoms with Crippen molar-refractivity contribution in [3.8, 4) is 17.2 Å². The molecule has 1 aliphatic rings. The van der Waals surface area contributed by atoms with Crippen molar-refractivity contribution in [1.82, 2.24) is 10.0 Å². The molecule has 3 aromatic carbocycles. The number of nitrogens with one attached hydrogen (secondary N) is 2. The molecule has 4 rings (SSSR count). The van der Waals surface area contributed by atoms with Gasteiger partial charge in [0.15, 0.2) is 6.29 Å². The molecule has 0 saturated carbocycles. The van der Waals surface area contributed by atoms with Crippen molar-refractivity contribution < 1.29 is 32.9 Å². The van der Waals surface area contributed by atoms with Crippen LogP contribution in [0.4, 0.5) is 0 Å². The number of amides is 1. The Balaban J connectivity index is 1.45. The van der Waals surface area contributed by atoms with Gasteiger partial charge in [-0.15, -0.1) is 0 Å². The second kappa shape index (κ2) is 11.8. The van der Waals surface area contributed by atoms with E-state index in [2.05, 4.69) is 10.0 Å². The third-order valence-electron chi connectivity index (χ3n) is 6.23. The predicted molar refractivity (Wildman–Crippen MR) is 137 cm³/mol. The van der Waals surface area contributed by atoms with Crippen LogP contribution in [0.25, 0.3) is 11.1 Å². The van der Waals surface area contributed by atoms with Gasteiger partial charge in [-0.05, 0) is 35.4 Å². The lowest BCUT2D eigenvalue weighted by Gasteiger charge is -2.42. The molecule has 1 saturated heterocycles. The number of nitrogens with zero attached hydrogens (tertiary/aromatic N) is 1. The summed E-state index contributed by atoms with van der Waals surface area (Å²) in [4.78, 5) is 12.8. The number of aliphatic hydroxyl groups is 2. The summed E-state index contributed by atoms with van der Waals surface area (Å²) in [6, 6.07) is 22.8. The molecule has 38 heavy (non-hydrogen) atoms. The number of rotatable bonds is 8. The van der Waals surface area contributed by atoms with E-state index in [0.29, 0.717) is 5.56 Å². The van der Waals surface area contributed by atoms with E-state index in [1.54, 1.807) is 18.2 Å². The second-order valence-corrected chi connectivity index (χ2v) is 10.4. The molecule has 0 spiro atoms. The summed E-state index contributed by atoms with van der Waals surface area (Å²) in [5, 5.41) is 33.4. The third kappa shape index (κ3) is 5.92. The molecule has 1 aliphatic heterocycles. The van der Waals surface area contributed by atoms with Crippen molar-refractivity contribution in [3.05, 3.63) is 90.0 Å². The van der Waals surface area contributed by atoms with Crippen LogP contribution in [0.3, 0.4) is 0 Å². The Morgan fingerprint density at radius 1 is 1.00 bits per heavy atom. The molecule has 0 aliphatic carbocycles. The Morgan fingerprint density at radius 2 is 1.68 bits per heavy atom. The lowest BCUT2D eigenvalue weighted by atomic mass is 9.96. The van der Waals surface area contributed by atoms with Crippen LogP contribution in [0.5, 0.6) is 0 Å². The number of benzene rings is 3. The number of ether oxygens (including phenoxy) is 2. The first-order valence-electron chi connectivity index (χ1n) is 11.7. The van der Waals surface area contributed by atoms with E-state index in [1.807, 2.05) is 42.5 Å². The highest BCUT2D eigenvalue weighted by Crippen LogP contribution is 2.24. The summed E-state index contributed by atoms with van der Waals surface area (Å²) in [5.41, 5.74) is 2.04. The minimum absolute atomic E-state index is 0.0426. The molecule has 4 N–H and O–H groups in total. The Hall–Kier alpha value is -3.63. The van der Waals surface area contributed by atoms with Crippen molar-refractivity contribution in [2.75, 3.05) is 13.7 Å². The molecule has 1 fully saturated rings. The van der Waals surface area contributed by atoms with Gasteiger partial charge in [0.05, 0.1) is 10.5 Å². The van der Waals surface area contributed by atoms with Crippen LogP contribution in [0.1, 0.15) is 15.9 Å². The molecule has 3 aromatic rings. The Bertz CT molecular complexity index is 1420. The summed E-state index contributed by atoms with van der Waals surface area (Å²) < 4.78 is 38.8. The molecule has 0 aromatic heterocycles. The van der Waals surface area contributed by atoms with Crippen molar-refractivity contribution >= 4 is 15.9 Å². The maximum absolute atomic E-state index is 13.0. The number of nitriles is 1. The fourth-order valence-corrected chi connectivity index (χ4v) is 5.42. The van der Waals surface area contributed by atoms with E-state index in [1.165, 1.54) is 31.4 Å². The van der Waals surface area contributed by atoms with Gasteiger partial charge in [0, 0.05) is 19.2 Å². The van der Waals surface area contributed by atoms with Crippen LogP contribution < -0.4 is 10.0 Å². The van der Waals surface area contributed by atoms with Crippen LogP contribution in [-0.4, -0.2) is 68.8 Å². The first-order chi connectivity index (χ1) is 18.2. The molecule has 1 heterocycles. The minimum atomic E-state index is -4.12. The first kappa shape index (κ1) is 27.4. The molecule has 0 bridgehead atoms. The van der Waals surface area contributed by atoms with Gasteiger partial charge in [-0.3, -0.25) is 4.79 Å². The number of hydrogen-bond acceptors (Lipinski definition) is 8. The lowest BCUT2D eigenvalue weighted by molar-refractivity contribution is -0.253. The molecule has 11 heteroatoms. The average molecular weight is 538 g/mol. The third-order valence-corrected chi connectivity index (χ3v) is 7.72. The molecule has 1 amide bonds. The highest BCUT2D eigenvalue weighted by molar-refractivity contribution is 7.89. The monoisotopic (exact) mass is 537 g/mol.